The number of hydrogen-bond acceptors (Lipinski definition) is 4. The summed E-state index contributed by atoms with van der Waals surface area (Å²) in [6, 6.07) is 1.79. The van der Waals surface area contributed by atoms with Crippen molar-refractivity contribution in [1.29, 1.82) is 0 Å². The summed E-state index contributed by atoms with van der Waals surface area (Å²) in [5, 5.41) is 3.58. The van der Waals surface area contributed by atoms with E-state index in [0.29, 0.717) is 18.1 Å². The summed E-state index contributed by atoms with van der Waals surface area (Å²) < 4.78 is 5.08. The molecule has 0 radical (unpaired) electrons. The minimum atomic E-state index is -0.400. The Hall–Kier alpha value is -0.610. The van der Waals surface area contributed by atoms with Crippen molar-refractivity contribution < 1.29 is 9.53 Å². The monoisotopic (exact) mass is 266 g/mol. The number of carbonyl (C=O) groups excluding carboxylic acids is 1. The van der Waals surface area contributed by atoms with Crippen LogP contribution in [0.4, 0.5) is 0 Å². The van der Waals surface area contributed by atoms with Crippen LogP contribution in [0.3, 0.4) is 0 Å². The maximum atomic E-state index is 12.2. The topological polar surface area (TPSA) is 41.6 Å². The molecule has 1 heterocycles. The summed E-state index contributed by atoms with van der Waals surface area (Å²) in [5.74, 6) is -0.0475. The van der Waals surface area contributed by atoms with E-state index in [-0.39, 0.29) is 5.97 Å². The third kappa shape index (κ3) is 2.52. The molecule has 3 unspecified atom stereocenters. The Morgan fingerprint density at radius 3 is 2.68 bits per heavy atom. The zero-order valence-corrected chi connectivity index (χ0v) is 12.2. The second-order valence-corrected chi connectivity index (χ2v) is 6.62. The molecule has 3 atom stereocenters. The van der Waals surface area contributed by atoms with Gasteiger partial charge in [0, 0.05) is 18.1 Å². The number of carbonyl (C=O) groups is 1. The van der Waals surface area contributed by atoms with Gasteiger partial charge in [0.05, 0.1) is 7.11 Å². The second-order valence-electron chi connectivity index (χ2n) is 6.62. The molecule has 0 bridgehead atoms. The first-order valence-electron chi connectivity index (χ1n) is 7.76. The second kappa shape index (κ2) is 5.06. The van der Waals surface area contributed by atoms with Crippen molar-refractivity contribution in [1.82, 2.24) is 10.2 Å². The van der Waals surface area contributed by atoms with Crippen LogP contribution in [0, 0.1) is 0 Å². The van der Waals surface area contributed by atoms with E-state index >= 15 is 0 Å². The molecular formula is C15H26N2O2. The predicted molar refractivity (Wildman–Crippen MR) is 73.9 cm³/mol. The van der Waals surface area contributed by atoms with Gasteiger partial charge < -0.3 is 4.74 Å². The van der Waals surface area contributed by atoms with E-state index in [1.807, 2.05) is 0 Å². The highest BCUT2D eigenvalue weighted by molar-refractivity contribution is 5.81. The van der Waals surface area contributed by atoms with E-state index in [0.717, 1.165) is 19.3 Å². The lowest BCUT2D eigenvalue weighted by molar-refractivity contribution is -0.148. The zero-order chi connectivity index (χ0) is 13.5. The SMILES string of the molecule is COC(=O)C1(NC2CC2)CCC(N2CCCC2C)C1. The minimum Gasteiger partial charge on any atom is -0.468 e. The Morgan fingerprint density at radius 1 is 1.32 bits per heavy atom. The molecule has 0 aromatic rings. The predicted octanol–water partition coefficient (Wildman–Crippen LogP) is 1.69. The highest BCUT2D eigenvalue weighted by Gasteiger charge is 2.50. The Morgan fingerprint density at radius 2 is 2.11 bits per heavy atom. The van der Waals surface area contributed by atoms with E-state index < -0.39 is 5.54 Å². The van der Waals surface area contributed by atoms with Gasteiger partial charge in [0.15, 0.2) is 0 Å². The zero-order valence-electron chi connectivity index (χ0n) is 12.2. The fourth-order valence-corrected chi connectivity index (χ4v) is 3.99. The molecule has 2 saturated carbocycles. The molecule has 2 aliphatic carbocycles. The van der Waals surface area contributed by atoms with Crippen LogP contribution < -0.4 is 5.32 Å². The first-order chi connectivity index (χ1) is 9.14. The molecule has 0 amide bonds. The maximum Gasteiger partial charge on any atom is 0.326 e. The maximum absolute atomic E-state index is 12.2. The van der Waals surface area contributed by atoms with Crippen LogP contribution in [0.5, 0.6) is 0 Å². The van der Waals surface area contributed by atoms with Crippen molar-refractivity contribution in [3.05, 3.63) is 0 Å². The van der Waals surface area contributed by atoms with Crippen molar-refractivity contribution in [2.24, 2.45) is 0 Å². The van der Waals surface area contributed by atoms with Gasteiger partial charge in [-0.1, -0.05) is 0 Å². The summed E-state index contributed by atoms with van der Waals surface area (Å²) in [6.07, 6.45) is 8.02. The van der Waals surface area contributed by atoms with Crippen molar-refractivity contribution in [3.63, 3.8) is 0 Å². The number of esters is 1. The van der Waals surface area contributed by atoms with Crippen molar-refractivity contribution in [2.45, 2.75) is 75.5 Å². The molecule has 1 saturated heterocycles. The van der Waals surface area contributed by atoms with Crippen LogP contribution >= 0.6 is 0 Å². The Labute approximate surface area is 115 Å². The number of ether oxygens (including phenoxy) is 1. The molecule has 108 valence electrons. The highest BCUT2D eigenvalue weighted by Crippen LogP contribution is 2.39. The normalized spacial score (nSPS) is 39.7. The van der Waals surface area contributed by atoms with Gasteiger partial charge in [-0.2, -0.15) is 0 Å². The first kappa shape index (κ1) is 13.4. The molecule has 4 nitrogen and oxygen atoms in total. The Kier molecular flexibility index (Phi) is 3.56. The number of nitrogens with one attached hydrogen (secondary N) is 1. The van der Waals surface area contributed by atoms with E-state index in [2.05, 4.69) is 17.1 Å². The van der Waals surface area contributed by atoms with Crippen LogP contribution in [-0.4, -0.2) is 48.2 Å². The number of likely N-dealkylation sites (tertiary alicyclic amines) is 1. The van der Waals surface area contributed by atoms with Crippen molar-refractivity contribution in [2.75, 3.05) is 13.7 Å². The molecule has 0 spiro atoms. The van der Waals surface area contributed by atoms with Crippen LogP contribution in [0.25, 0.3) is 0 Å². The number of hydrogen-bond donors (Lipinski definition) is 1. The fraction of sp³-hybridized carbons (Fsp3) is 0.933. The van der Waals surface area contributed by atoms with Crippen LogP contribution in [0.15, 0.2) is 0 Å². The average Bonchev–Trinajstić information content (AvgIpc) is 2.94. The van der Waals surface area contributed by atoms with Gasteiger partial charge in [-0.25, -0.2) is 0 Å². The molecule has 0 aromatic carbocycles. The first-order valence-corrected chi connectivity index (χ1v) is 7.76. The summed E-state index contributed by atoms with van der Waals surface area (Å²) in [5.41, 5.74) is -0.400. The van der Waals surface area contributed by atoms with Gasteiger partial charge in [-0.05, 0) is 58.4 Å². The molecule has 1 aliphatic heterocycles. The largest absolute Gasteiger partial charge is 0.468 e. The standard InChI is InChI=1S/C15H26N2O2/c1-11-4-3-9-17(11)13-7-8-15(10-13,14(18)19-2)16-12-5-6-12/h11-13,16H,3-10H2,1-2H3. The molecule has 19 heavy (non-hydrogen) atoms. The van der Waals surface area contributed by atoms with Crippen molar-refractivity contribution in [3.8, 4) is 0 Å². The van der Waals surface area contributed by atoms with Crippen LogP contribution in [0.2, 0.25) is 0 Å². The number of methoxy groups -OCH3 is 1. The molecule has 0 aromatic heterocycles. The van der Waals surface area contributed by atoms with Gasteiger partial charge in [-0.3, -0.25) is 15.0 Å². The molecule has 3 aliphatic rings. The fourth-order valence-electron chi connectivity index (χ4n) is 3.99. The summed E-state index contributed by atoms with van der Waals surface area (Å²) in [4.78, 5) is 14.8. The molecule has 4 heteroatoms. The van der Waals surface area contributed by atoms with Gasteiger partial charge in [0.2, 0.25) is 0 Å². The van der Waals surface area contributed by atoms with E-state index in [1.54, 1.807) is 0 Å². The third-order valence-electron chi connectivity index (χ3n) is 5.20. The molecule has 3 rings (SSSR count). The van der Waals surface area contributed by atoms with Gasteiger partial charge in [0.1, 0.15) is 5.54 Å². The minimum absolute atomic E-state index is 0.0475. The lowest BCUT2D eigenvalue weighted by Gasteiger charge is -2.31. The lowest BCUT2D eigenvalue weighted by Crippen LogP contribution is -2.53. The summed E-state index contributed by atoms with van der Waals surface area (Å²) >= 11 is 0. The quantitative estimate of drug-likeness (QED) is 0.786. The van der Waals surface area contributed by atoms with E-state index in [9.17, 15) is 4.79 Å². The summed E-state index contributed by atoms with van der Waals surface area (Å²) in [7, 11) is 1.52. The number of rotatable bonds is 4. The van der Waals surface area contributed by atoms with E-state index in [1.165, 1.54) is 39.3 Å². The lowest BCUT2D eigenvalue weighted by atomic mass is 9.96. The Balaban J connectivity index is 1.70. The van der Waals surface area contributed by atoms with E-state index in [4.69, 9.17) is 4.74 Å². The highest BCUT2D eigenvalue weighted by atomic mass is 16.5. The van der Waals surface area contributed by atoms with Gasteiger partial charge in [-0.15, -0.1) is 0 Å². The van der Waals surface area contributed by atoms with Gasteiger partial charge >= 0.3 is 5.97 Å². The smallest absolute Gasteiger partial charge is 0.326 e. The van der Waals surface area contributed by atoms with Crippen molar-refractivity contribution >= 4 is 5.97 Å². The molecule has 3 fully saturated rings. The molecular weight excluding hydrogens is 240 g/mol. The van der Waals surface area contributed by atoms with Crippen LogP contribution in [0.1, 0.15) is 51.9 Å². The molecule has 1 N–H and O–H groups in total. The average molecular weight is 266 g/mol. The number of nitrogens with zero attached hydrogens (tertiary/aromatic N) is 1. The Bertz CT molecular complexity index is 356. The van der Waals surface area contributed by atoms with Gasteiger partial charge in [0.25, 0.3) is 0 Å². The van der Waals surface area contributed by atoms with Crippen LogP contribution in [-0.2, 0) is 9.53 Å². The summed E-state index contributed by atoms with van der Waals surface area (Å²) in [6.45, 7) is 3.52. The third-order valence-corrected chi connectivity index (χ3v) is 5.20.